The summed E-state index contributed by atoms with van der Waals surface area (Å²) in [5, 5.41) is 13.8. The van der Waals surface area contributed by atoms with Crippen LogP contribution in [-0.4, -0.2) is 36.0 Å². The number of benzene rings is 1. The Morgan fingerprint density at radius 1 is 1.58 bits per heavy atom. The lowest BCUT2D eigenvalue weighted by molar-refractivity contribution is -0.385. The number of nitrogens with zero attached hydrogens (tertiary/aromatic N) is 2. The minimum atomic E-state index is -0.579. The molecule has 1 heterocycles. The van der Waals surface area contributed by atoms with Gasteiger partial charge in [-0.3, -0.25) is 15.0 Å². The SMILES string of the molecule is CNC1CCCN(Cc2ccc([N+](=O)[O-])cc2F)C1. The lowest BCUT2D eigenvalue weighted by Gasteiger charge is -2.32. The minimum Gasteiger partial charge on any atom is -0.316 e. The Bertz CT molecular complexity index is 467. The molecule has 1 aliphatic heterocycles. The quantitative estimate of drug-likeness (QED) is 0.669. The van der Waals surface area contributed by atoms with Crippen molar-refractivity contribution in [3.05, 3.63) is 39.7 Å². The molecular weight excluding hydrogens is 249 g/mol. The normalized spacial score (nSPS) is 20.4. The Kier molecular flexibility index (Phi) is 4.44. The molecule has 1 N–H and O–H groups in total. The van der Waals surface area contributed by atoms with E-state index in [2.05, 4.69) is 10.2 Å². The first-order chi connectivity index (χ1) is 9.10. The van der Waals surface area contributed by atoms with Gasteiger partial charge in [0.05, 0.1) is 11.0 Å². The molecule has 2 rings (SSSR count). The summed E-state index contributed by atoms with van der Waals surface area (Å²) in [6.45, 7) is 2.32. The predicted molar refractivity (Wildman–Crippen MR) is 70.4 cm³/mol. The molecule has 5 nitrogen and oxygen atoms in total. The van der Waals surface area contributed by atoms with Crippen LogP contribution in [0.25, 0.3) is 0 Å². The van der Waals surface area contributed by atoms with E-state index in [0.29, 0.717) is 18.2 Å². The summed E-state index contributed by atoms with van der Waals surface area (Å²) in [6, 6.07) is 4.30. The number of nitrogens with one attached hydrogen (secondary N) is 1. The van der Waals surface area contributed by atoms with Crippen LogP contribution in [0.1, 0.15) is 18.4 Å². The second-order valence-corrected chi connectivity index (χ2v) is 4.90. The number of halogens is 1. The number of nitro benzene ring substituents is 1. The fraction of sp³-hybridized carbons (Fsp3) is 0.538. The summed E-state index contributed by atoms with van der Waals surface area (Å²) in [5.41, 5.74) is 0.315. The van der Waals surface area contributed by atoms with Crippen molar-refractivity contribution in [1.29, 1.82) is 0 Å². The van der Waals surface area contributed by atoms with Gasteiger partial charge in [-0.2, -0.15) is 0 Å². The lowest BCUT2D eigenvalue weighted by atomic mass is 10.0. The summed E-state index contributed by atoms with van der Waals surface area (Å²) in [7, 11) is 1.93. The highest BCUT2D eigenvalue weighted by Gasteiger charge is 2.20. The molecule has 0 aromatic heterocycles. The molecule has 0 radical (unpaired) electrons. The number of non-ortho nitro benzene ring substituents is 1. The molecule has 1 aromatic rings. The zero-order chi connectivity index (χ0) is 13.8. The number of hydrogen-bond donors (Lipinski definition) is 1. The average molecular weight is 267 g/mol. The standard InChI is InChI=1S/C13H18FN3O2/c1-15-11-3-2-6-16(9-11)8-10-4-5-12(17(18)19)7-13(10)14/h4-5,7,11,15H,2-3,6,8-9H2,1H3. The molecule has 6 heteroatoms. The van der Waals surface area contributed by atoms with Crippen LogP contribution in [0, 0.1) is 15.9 Å². The van der Waals surface area contributed by atoms with Gasteiger partial charge in [0.25, 0.3) is 5.69 Å². The van der Waals surface area contributed by atoms with Crippen LogP contribution in [0.15, 0.2) is 18.2 Å². The van der Waals surface area contributed by atoms with Crippen LogP contribution < -0.4 is 5.32 Å². The predicted octanol–water partition coefficient (Wildman–Crippen LogP) is 1.92. The van der Waals surface area contributed by atoms with E-state index in [1.165, 1.54) is 12.1 Å². The maximum Gasteiger partial charge on any atom is 0.272 e. The average Bonchev–Trinajstić information content (AvgIpc) is 2.41. The minimum absolute atomic E-state index is 0.201. The van der Waals surface area contributed by atoms with E-state index >= 15 is 0 Å². The zero-order valence-electron chi connectivity index (χ0n) is 10.9. The molecule has 1 aromatic carbocycles. The third-order valence-corrected chi connectivity index (χ3v) is 3.56. The second-order valence-electron chi connectivity index (χ2n) is 4.90. The van der Waals surface area contributed by atoms with Crippen LogP contribution >= 0.6 is 0 Å². The Balaban J connectivity index is 2.04. The van der Waals surface area contributed by atoms with Gasteiger partial charge in [-0.05, 0) is 32.5 Å². The first-order valence-corrected chi connectivity index (χ1v) is 6.42. The van der Waals surface area contributed by atoms with Crippen LogP contribution in [-0.2, 0) is 6.54 Å². The van der Waals surface area contributed by atoms with E-state index in [-0.39, 0.29) is 5.69 Å². The van der Waals surface area contributed by atoms with E-state index < -0.39 is 10.7 Å². The summed E-state index contributed by atoms with van der Waals surface area (Å²) in [4.78, 5) is 12.2. The highest BCUT2D eigenvalue weighted by Crippen LogP contribution is 2.19. The van der Waals surface area contributed by atoms with Crippen LogP contribution in [0.5, 0.6) is 0 Å². The summed E-state index contributed by atoms with van der Waals surface area (Å²) in [6.07, 6.45) is 2.22. The lowest BCUT2D eigenvalue weighted by Crippen LogP contribution is -2.43. The van der Waals surface area contributed by atoms with Crippen molar-refractivity contribution in [2.24, 2.45) is 0 Å². The molecule has 1 saturated heterocycles. The monoisotopic (exact) mass is 267 g/mol. The molecule has 0 amide bonds. The Morgan fingerprint density at radius 3 is 3.00 bits per heavy atom. The number of likely N-dealkylation sites (tertiary alicyclic amines) is 1. The summed E-state index contributed by atoms with van der Waals surface area (Å²) >= 11 is 0. The number of likely N-dealkylation sites (N-methyl/N-ethyl adjacent to an activating group) is 1. The van der Waals surface area contributed by atoms with Crippen LogP contribution in [0.2, 0.25) is 0 Å². The maximum atomic E-state index is 13.8. The van der Waals surface area contributed by atoms with Gasteiger partial charge in [0.15, 0.2) is 0 Å². The van der Waals surface area contributed by atoms with E-state index in [4.69, 9.17) is 0 Å². The van der Waals surface area contributed by atoms with E-state index in [1.54, 1.807) is 0 Å². The molecule has 1 aliphatic rings. The number of nitro groups is 1. The van der Waals surface area contributed by atoms with Gasteiger partial charge >= 0.3 is 0 Å². The number of rotatable bonds is 4. The first-order valence-electron chi connectivity index (χ1n) is 6.42. The van der Waals surface area contributed by atoms with E-state index in [9.17, 15) is 14.5 Å². The number of hydrogen-bond acceptors (Lipinski definition) is 4. The Labute approximate surface area is 111 Å². The van der Waals surface area contributed by atoms with Gasteiger partial charge in [0.1, 0.15) is 5.82 Å². The fourth-order valence-corrected chi connectivity index (χ4v) is 2.45. The van der Waals surface area contributed by atoms with Crippen LogP contribution in [0.3, 0.4) is 0 Å². The maximum absolute atomic E-state index is 13.8. The van der Waals surface area contributed by atoms with Gasteiger partial charge in [-0.1, -0.05) is 0 Å². The van der Waals surface area contributed by atoms with Crippen molar-refractivity contribution in [3.8, 4) is 0 Å². The van der Waals surface area contributed by atoms with Crippen molar-refractivity contribution < 1.29 is 9.31 Å². The molecule has 0 saturated carbocycles. The fourth-order valence-electron chi connectivity index (χ4n) is 2.45. The smallest absolute Gasteiger partial charge is 0.272 e. The molecule has 1 fully saturated rings. The Morgan fingerprint density at radius 2 is 2.37 bits per heavy atom. The molecular formula is C13H18FN3O2. The van der Waals surface area contributed by atoms with Gasteiger partial charge in [-0.25, -0.2) is 4.39 Å². The van der Waals surface area contributed by atoms with Crippen molar-refractivity contribution >= 4 is 5.69 Å². The second kappa shape index (κ2) is 6.08. The van der Waals surface area contributed by atoms with Gasteiger partial charge in [-0.15, -0.1) is 0 Å². The highest BCUT2D eigenvalue weighted by molar-refractivity contribution is 5.34. The molecule has 0 spiro atoms. The van der Waals surface area contributed by atoms with Crippen molar-refractivity contribution in [3.63, 3.8) is 0 Å². The van der Waals surface area contributed by atoms with Crippen LogP contribution in [0.4, 0.5) is 10.1 Å². The third kappa shape index (κ3) is 3.48. The third-order valence-electron chi connectivity index (χ3n) is 3.56. The Hall–Kier alpha value is -1.53. The molecule has 1 unspecified atom stereocenters. The molecule has 0 aliphatic carbocycles. The van der Waals surface area contributed by atoms with Crippen molar-refractivity contribution in [2.75, 3.05) is 20.1 Å². The zero-order valence-corrected chi connectivity index (χ0v) is 10.9. The van der Waals surface area contributed by atoms with Gasteiger partial charge < -0.3 is 5.32 Å². The molecule has 1 atom stereocenters. The van der Waals surface area contributed by atoms with Gasteiger partial charge in [0, 0.05) is 30.8 Å². The molecule has 0 bridgehead atoms. The largest absolute Gasteiger partial charge is 0.316 e. The number of piperidine rings is 1. The highest BCUT2D eigenvalue weighted by atomic mass is 19.1. The summed E-state index contributed by atoms with van der Waals surface area (Å²) < 4.78 is 13.8. The van der Waals surface area contributed by atoms with Crippen molar-refractivity contribution in [2.45, 2.75) is 25.4 Å². The van der Waals surface area contributed by atoms with Crippen molar-refractivity contribution in [1.82, 2.24) is 10.2 Å². The van der Waals surface area contributed by atoms with E-state index in [1.807, 2.05) is 7.05 Å². The van der Waals surface area contributed by atoms with Gasteiger partial charge in [0.2, 0.25) is 0 Å². The topological polar surface area (TPSA) is 58.4 Å². The summed E-state index contributed by atoms with van der Waals surface area (Å²) in [5.74, 6) is -0.499. The van der Waals surface area contributed by atoms with E-state index in [0.717, 1.165) is 32.0 Å². The molecule has 104 valence electrons. The molecule has 19 heavy (non-hydrogen) atoms. The first kappa shape index (κ1) is 13.9.